The average Bonchev–Trinajstić information content (AvgIpc) is 2.62. The summed E-state index contributed by atoms with van der Waals surface area (Å²) in [6, 6.07) is 5.32. The van der Waals surface area contributed by atoms with E-state index in [1.54, 1.807) is 19.2 Å². The molecule has 0 saturated heterocycles. The molecule has 0 bridgehead atoms. The molecule has 10 heteroatoms. The Bertz CT molecular complexity index is 935. The molecule has 10 nitrogen and oxygen atoms in total. The molecule has 0 saturated carbocycles. The maximum absolute atomic E-state index is 12.1. The summed E-state index contributed by atoms with van der Waals surface area (Å²) in [5, 5.41) is 24.3. The van der Waals surface area contributed by atoms with E-state index in [9.17, 15) is 24.8 Å². The highest BCUT2D eigenvalue weighted by Crippen LogP contribution is 2.36. The van der Waals surface area contributed by atoms with Crippen molar-refractivity contribution in [2.75, 3.05) is 7.11 Å². The lowest BCUT2D eigenvalue weighted by Gasteiger charge is -2.05. The second kappa shape index (κ2) is 7.92. The summed E-state index contributed by atoms with van der Waals surface area (Å²) in [4.78, 5) is 34.3. The molecule has 0 aliphatic rings. The number of methoxy groups -OCH3 is 1. The third kappa shape index (κ3) is 3.86. The molecule has 26 heavy (non-hydrogen) atoms. The number of nitrogens with zero attached hydrogens (tertiary/aromatic N) is 3. The zero-order valence-corrected chi connectivity index (χ0v) is 14.0. The summed E-state index contributed by atoms with van der Waals surface area (Å²) in [6.07, 6.45) is 2.69. The minimum absolute atomic E-state index is 0.0826. The van der Waals surface area contributed by atoms with E-state index in [-0.39, 0.29) is 16.9 Å². The molecule has 2 N–H and O–H groups in total. The smallest absolute Gasteiger partial charge is 0.315 e. The number of carbonyl (C=O) groups excluding carboxylic acids is 1. The summed E-state index contributed by atoms with van der Waals surface area (Å²) >= 11 is 0. The Morgan fingerprint density at radius 3 is 2.85 bits per heavy atom. The van der Waals surface area contributed by atoms with Crippen LogP contribution in [0, 0.1) is 10.1 Å². The summed E-state index contributed by atoms with van der Waals surface area (Å²) < 4.78 is 6.23. The van der Waals surface area contributed by atoms with Crippen LogP contribution >= 0.6 is 0 Å². The largest absolute Gasteiger partial charge is 0.500 e. The predicted molar refractivity (Wildman–Crippen MR) is 92.7 cm³/mol. The molecule has 136 valence electrons. The number of rotatable bonds is 6. The monoisotopic (exact) mass is 360 g/mol. The Hall–Kier alpha value is -3.69. The van der Waals surface area contributed by atoms with Crippen LogP contribution in [0.15, 0.2) is 40.4 Å². The molecule has 1 amide bonds. The molecule has 0 atom stereocenters. The van der Waals surface area contributed by atoms with Gasteiger partial charge < -0.3 is 14.4 Å². The van der Waals surface area contributed by atoms with Crippen molar-refractivity contribution in [2.45, 2.75) is 13.5 Å². The van der Waals surface area contributed by atoms with Crippen LogP contribution in [0.4, 0.5) is 5.69 Å². The van der Waals surface area contributed by atoms with Gasteiger partial charge in [0.15, 0.2) is 5.75 Å². The number of nitro groups is 1. The van der Waals surface area contributed by atoms with Crippen LogP contribution in [-0.4, -0.2) is 33.8 Å². The maximum atomic E-state index is 12.1. The zero-order valence-electron chi connectivity index (χ0n) is 14.0. The minimum atomic E-state index is -0.773. The van der Waals surface area contributed by atoms with Gasteiger partial charge >= 0.3 is 5.69 Å². The van der Waals surface area contributed by atoms with E-state index in [4.69, 9.17) is 4.74 Å². The molecule has 0 fully saturated rings. The summed E-state index contributed by atoms with van der Waals surface area (Å²) in [6.45, 7) is 2.19. The van der Waals surface area contributed by atoms with Gasteiger partial charge in [-0.15, -0.1) is 0 Å². The second-order valence-electron chi connectivity index (χ2n) is 5.06. The highest BCUT2D eigenvalue weighted by molar-refractivity contribution is 5.94. The molecule has 0 aliphatic heterocycles. The number of aromatic nitrogens is 1. The highest BCUT2D eigenvalue weighted by atomic mass is 16.6. The molecule has 1 aromatic carbocycles. The number of hydrogen-bond donors (Lipinski definition) is 2. The van der Waals surface area contributed by atoms with Gasteiger partial charge in [-0.2, -0.15) is 5.10 Å². The lowest BCUT2D eigenvalue weighted by molar-refractivity contribution is -0.386. The molecule has 0 aliphatic carbocycles. The van der Waals surface area contributed by atoms with E-state index in [0.717, 1.165) is 12.3 Å². The van der Waals surface area contributed by atoms with Gasteiger partial charge in [0.2, 0.25) is 5.75 Å². The number of amides is 1. The fourth-order valence-corrected chi connectivity index (χ4v) is 2.17. The van der Waals surface area contributed by atoms with Gasteiger partial charge in [-0.05, 0) is 25.1 Å². The quantitative estimate of drug-likeness (QED) is 0.452. The van der Waals surface area contributed by atoms with Crippen molar-refractivity contribution in [3.05, 3.63) is 62.1 Å². The van der Waals surface area contributed by atoms with Crippen LogP contribution in [0.1, 0.15) is 22.8 Å². The van der Waals surface area contributed by atoms with E-state index in [0.29, 0.717) is 6.54 Å². The lowest BCUT2D eigenvalue weighted by atomic mass is 10.2. The molecular formula is C16H16N4O6. The van der Waals surface area contributed by atoms with Gasteiger partial charge in [0, 0.05) is 24.4 Å². The van der Waals surface area contributed by atoms with Gasteiger partial charge in [0.25, 0.3) is 11.5 Å². The molecule has 0 spiro atoms. The summed E-state index contributed by atoms with van der Waals surface area (Å²) in [5.74, 6) is -1.43. The number of hydrogen-bond acceptors (Lipinski definition) is 7. The third-order valence-corrected chi connectivity index (χ3v) is 3.48. The van der Waals surface area contributed by atoms with Crippen molar-refractivity contribution in [3.8, 4) is 11.5 Å². The molecular weight excluding hydrogens is 344 g/mol. The van der Waals surface area contributed by atoms with Gasteiger partial charge in [0.1, 0.15) is 5.56 Å². The number of nitrogens with one attached hydrogen (secondary N) is 1. The number of nitro benzene ring substituents is 1. The second-order valence-corrected chi connectivity index (χ2v) is 5.06. The van der Waals surface area contributed by atoms with Crippen LogP contribution in [0.3, 0.4) is 0 Å². The van der Waals surface area contributed by atoms with Gasteiger partial charge in [0.05, 0.1) is 18.2 Å². The number of benzene rings is 1. The number of phenolic OH excluding ortho intramolecular Hbond substituents is 1. The van der Waals surface area contributed by atoms with Gasteiger partial charge in [-0.25, -0.2) is 5.43 Å². The highest BCUT2D eigenvalue weighted by Gasteiger charge is 2.19. The SMILES string of the molecule is CCn1cccc(C(=O)N/N=C\c2cc(OC)c(O)c([N+](=O)[O-])c2)c1=O. The van der Waals surface area contributed by atoms with Crippen molar-refractivity contribution in [2.24, 2.45) is 5.10 Å². The molecule has 0 radical (unpaired) electrons. The fourth-order valence-electron chi connectivity index (χ4n) is 2.17. The molecule has 1 aromatic heterocycles. The Morgan fingerprint density at radius 1 is 1.50 bits per heavy atom. The Balaban J connectivity index is 2.23. The minimum Gasteiger partial charge on any atom is -0.500 e. The van der Waals surface area contributed by atoms with Crippen molar-refractivity contribution in [3.63, 3.8) is 0 Å². The van der Waals surface area contributed by atoms with E-state index < -0.39 is 27.8 Å². The van der Waals surface area contributed by atoms with Crippen LogP contribution in [0.2, 0.25) is 0 Å². The van der Waals surface area contributed by atoms with Crippen molar-refractivity contribution in [1.29, 1.82) is 0 Å². The molecule has 0 unspecified atom stereocenters. The molecule has 1 heterocycles. The van der Waals surface area contributed by atoms with Crippen LogP contribution < -0.4 is 15.7 Å². The first-order valence-electron chi connectivity index (χ1n) is 7.47. The topological polar surface area (TPSA) is 136 Å². The van der Waals surface area contributed by atoms with Gasteiger partial charge in [-0.1, -0.05) is 0 Å². The number of aryl methyl sites for hydroxylation is 1. The van der Waals surface area contributed by atoms with E-state index in [2.05, 4.69) is 10.5 Å². The van der Waals surface area contributed by atoms with Gasteiger partial charge in [-0.3, -0.25) is 19.7 Å². The Labute approximate surface area is 147 Å². The van der Waals surface area contributed by atoms with Crippen LogP contribution in [0.25, 0.3) is 0 Å². The maximum Gasteiger partial charge on any atom is 0.315 e. The van der Waals surface area contributed by atoms with Crippen LogP contribution in [-0.2, 0) is 6.54 Å². The lowest BCUT2D eigenvalue weighted by Crippen LogP contribution is -2.30. The number of carbonyl (C=O) groups is 1. The Kier molecular flexibility index (Phi) is 5.68. The first kappa shape index (κ1) is 18.6. The summed E-state index contributed by atoms with van der Waals surface area (Å²) in [7, 11) is 1.25. The van der Waals surface area contributed by atoms with Crippen molar-refractivity contribution >= 4 is 17.8 Å². The number of aromatic hydroxyl groups is 1. The first-order chi connectivity index (χ1) is 12.4. The van der Waals surface area contributed by atoms with E-state index in [1.165, 1.54) is 23.8 Å². The van der Waals surface area contributed by atoms with Crippen LogP contribution in [0.5, 0.6) is 11.5 Å². The third-order valence-electron chi connectivity index (χ3n) is 3.48. The van der Waals surface area contributed by atoms with Crippen molar-refractivity contribution < 1.29 is 19.6 Å². The first-order valence-corrected chi connectivity index (χ1v) is 7.47. The Morgan fingerprint density at radius 2 is 2.23 bits per heavy atom. The predicted octanol–water partition coefficient (Wildman–Crippen LogP) is 1.25. The van der Waals surface area contributed by atoms with E-state index >= 15 is 0 Å². The molecule has 2 rings (SSSR count). The van der Waals surface area contributed by atoms with E-state index in [1.807, 2.05) is 0 Å². The average molecular weight is 360 g/mol. The summed E-state index contributed by atoms with van der Waals surface area (Å²) in [5.41, 5.74) is 1.30. The normalized spacial score (nSPS) is 10.7. The number of ether oxygens (including phenoxy) is 1. The fraction of sp³-hybridized carbons (Fsp3) is 0.188. The number of hydrazone groups is 1. The number of phenols is 1. The number of pyridine rings is 1. The zero-order chi connectivity index (χ0) is 19.3. The van der Waals surface area contributed by atoms with Crippen molar-refractivity contribution in [1.82, 2.24) is 9.99 Å². The molecule has 2 aromatic rings. The standard InChI is InChI=1S/C16H16N4O6/c1-3-19-6-4-5-11(16(19)23)15(22)18-17-9-10-7-12(20(24)25)14(21)13(8-10)26-2/h4-9,21H,3H2,1-2H3,(H,18,22)/b17-9-.